The van der Waals surface area contributed by atoms with Crippen LogP contribution < -0.4 is 5.73 Å². The van der Waals surface area contributed by atoms with Gasteiger partial charge in [0.2, 0.25) is 5.95 Å². The Morgan fingerprint density at radius 1 is 1.40 bits per heavy atom. The van der Waals surface area contributed by atoms with Crippen LogP contribution in [0.5, 0.6) is 0 Å². The number of fused-ring (bicyclic) bond motifs is 1. The summed E-state index contributed by atoms with van der Waals surface area (Å²) in [6, 6.07) is 5.73. The van der Waals surface area contributed by atoms with E-state index < -0.39 is 0 Å². The summed E-state index contributed by atoms with van der Waals surface area (Å²) >= 11 is 0. The van der Waals surface area contributed by atoms with Crippen molar-refractivity contribution in [3.8, 4) is 11.3 Å². The van der Waals surface area contributed by atoms with Crippen molar-refractivity contribution in [3.63, 3.8) is 0 Å². The minimum atomic E-state index is -0.103. The Morgan fingerprint density at radius 2 is 2.25 bits per heavy atom. The zero-order valence-corrected chi connectivity index (χ0v) is 11.4. The molecule has 20 heavy (non-hydrogen) atoms. The molecule has 2 N–H and O–H groups in total. The van der Waals surface area contributed by atoms with E-state index in [1.54, 1.807) is 15.4 Å². The van der Waals surface area contributed by atoms with Crippen molar-refractivity contribution in [2.75, 3.05) is 12.3 Å². The van der Waals surface area contributed by atoms with E-state index in [1.165, 1.54) is 0 Å². The third kappa shape index (κ3) is 2.12. The molecule has 0 fully saturated rings. The number of pyridine rings is 1. The second-order valence-corrected chi connectivity index (χ2v) is 4.41. The Kier molecular flexibility index (Phi) is 3.11. The minimum absolute atomic E-state index is 0.103. The lowest BCUT2D eigenvalue weighted by molar-refractivity contribution is 0.0160. The van der Waals surface area contributed by atoms with Crippen LogP contribution in [-0.4, -0.2) is 31.0 Å². The molecular weight excluding hydrogens is 256 g/mol. The lowest BCUT2D eigenvalue weighted by Gasteiger charge is -2.11. The molecule has 0 bridgehead atoms. The number of nitrogens with zero attached hydrogens (tertiary/aromatic N) is 5. The van der Waals surface area contributed by atoms with E-state index in [-0.39, 0.29) is 12.2 Å². The Bertz CT molecular complexity index is 731. The van der Waals surface area contributed by atoms with Crippen LogP contribution in [0.4, 0.5) is 5.95 Å². The van der Waals surface area contributed by atoms with Gasteiger partial charge in [-0.25, -0.2) is 9.20 Å². The van der Waals surface area contributed by atoms with Gasteiger partial charge in [0.1, 0.15) is 6.23 Å². The van der Waals surface area contributed by atoms with E-state index in [4.69, 9.17) is 10.5 Å². The largest absolute Gasteiger partial charge is 0.366 e. The highest BCUT2D eigenvalue weighted by atomic mass is 16.5. The molecule has 1 atom stereocenters. The van der Waals surface area contributed by atoms with Crippen LogP contribution in [0.2, 0.25) is 0 Å². The number of ether oxygens (including phenoxy) is 1. The maximum Gasteiger partial charge on any atom is 0.240 e. The number of hydrogen-bond acceptors (Lipinski definition) is 5. The summed E-state index contributed by atoms with van der Waals surface area (Å²) in [6.45, 7) is 4.56. The molecule has 3 aromatic rings. The first-order valence-electron chi connectivity index (χ1n) is 6.46. The number of anilines is 1. The topological polar surface area (TPSA) is 83.3 Å². The summed E-state index contributed by atoms with van der Waals surface area (Å²) in [6.07, 6.45) is 3.60. The third-order valence-electron chi connectivity index (χ3n) is 3.05. The minimum Gasteiger partial charge on any atom is -0.366 e. The average molecular weight is 272 g/mol. The number of hydrogen-bond donors (Lipinski definition) is 1. The smallest absolute Gasteiger partial charge is 0.240 e. The van der Waals surface area contributed by atoms with Crippen molar-refractivity contribution in [2.24, 2.45) is 0 Å². The van der Waals surface area contributed by atoms with Crippen LogP contribution in [0.3, 0.4) is 0 Å². The number of nitrogen functional groups attached to an aromatic ring is 1. The zero-order chi connectivity index (χ0) is 14.1. The molecule has 0 radical (unpaired) electrons. The van der Waals surface area contributed by atoms with E-state index in [1.807, 2.05) is 38.2 Å². The predicted molar refractivity (Wildman–Crippen MR) is 75.0 cm³/mol. The van der Waals surface area contributed by atoms with Crippen LogP contribution in [0, 0.1) is 0 Å². The summed E-state index contributed by atoms with van der Waals surface area (Å²) in [5, 5.41) is 8.52. The molecule has 3 rings (SSSR count). The summed E-state index contributed by atoms with van der Waals surface area (Å²) in [7, 11) is 0. The Morgan fingerprint density at radius 3 is 3.05 bits per heavy atom. The first-order chi connectivity index (χ1) is 9.69. The van der Waals surface area contributed by atoms with Gasteiger partial charge in [-0.15, -0.1) is 5.10 Å². The van der Waals surface area contributed by atoms with Gasteiger partial charge in [-0.2, -0.15) is 10.1 Å². The van der Waals surface area contributed by atoms with Crippen LogP contribution >= 0.6 is 0 Å². The van der Waals surface area contributed by atoms with Gasteiger partial charge in [0, 0.05) is 18.4 Å². The second kappa shape index (κ2) is 4.93. The fourth-order valence-electron chi connectivity index (χ4n) is 2.13. The van der Waals surface area contributed by atoms with Crippen molar-refractivity contribution in [1.29, 1.82) is 0 Å². The molecule has 0 aliphatic rings. The van der Waals surface area contributed by atoms with Crippen LogP contribution in [0.1, 0.15) is 20.1 Å². The van der Waals surface area contributed by atoms with E-state index in [2.05, 4.69) is 15.2 Å². The summed E-state index contributed by atoms with van der Waals surface area (Å²) < 4.78 is 9.00. The molecule has 0 saturated carbocycles. The van der Waals surface area contributed by atoms with Crippen molar-refractivity contribution in [2.45, 2.75) is 20.1 Å². The molecule has 1 unspecified atom stereocenters. The average Bonchev–Trinajstić information content (AvgIpc) is 3.03. The van der Waals surface area contributed by atoms with Gasteiger partial charge in [0.05, 0.1) is 11.9 Å². The van der Waals surface area contributed by atoms with Gasteiger partial charge >= 0.3 is 0 Å². The molecule has 7 heteroatoms. The first kappa shape index (κ1) is 12.6. The zero-order valence-electron chi connectivity index (χ0n) is 11.4. The van der Waals surface area contributed by atoms with Crippen molar-refractivity contribution in [3.05, 3.63) is 30.6 Å². The molecule has 0 amide bonds. The van der Waals surface area contributed by atoms with E-state index in [0.717, 1.165) is 11.3 Å². The van der Waals surface area contributed by atoms with Gasteiger partial charge < -0.3 is 10.5 Å². The van der Waals surface area contributed by atoms with Gasteiger partial charge in [-0.1, -0.05) is 6.07 Å². The molecule has 0 aromatic carbocycles. The normalized spacial score (nSPS) is 12.9. The maximum absolute atomic E-state index is 5.65. The van der Waals surface area contributed by atoms with Crippen molar-refractivity contribution >= 4 is 11.6 Å². The van der Waals surface area contributed by atoms with Crippen LogP contribution in [0.25, 0.3) is 16.9 Å². The molecule has 3 aromatic heterocycles. The number of nitrogens with two attached hydrogens (primary N) is 1. The maximum atomic E-state index is 5.65. The standard InChI is InChI=1S/C13H16N6O/c1-3-20-9(2)18-8-10(7-15-18)11-5-4-6-12-16-13(14)17-19(11)12/h4-9H,3H2,1-2H3,(H2,14,17). The quantitative estimate of drug-likeness (QED) is 0.782. The molecule has 104 valence electrons. The summed E-state index contributed by atoms with van der Waals surface area (Å²) in [5.41, 5.74) is 8.19. The molecule has 7 nitrogen and oxygen atoms in total. The molecule has 0 spiro atoms. The summed E-state index contributed by atoms with van der Waals surface area (Å²) in [5.74, 6) is 0.257. The van der Waals surface area contributed by atoms with Crippen LogP contribution in [0.15, 0.2) is 30.6 Å². The van der Waals surface area contributed by atoms with Gasteiger partial charge in [-0.05, 0) is 26.0 Å². The molecule has 0 aliphatic heterocycles. The van der Waals surface area contributed by atoms with E-state index in [0.29, 0.717) is 12.3 Å². The van der Waals surface area contributed by atoms with Crippen molar-refractivity contribution in [1.82, 2.24) is 24.4 Å². The monoisotopic (exact) mass is 272 g/mol. The highest BCUT2D eigenvalue weighted by Crippen LogP contribution is 2.21. The lowest BCUT2D eigenvalue weighted by Crippen LogP contribution is -2.09. The van der Waals surface area contributed by atoms with Gasteiger partial charge in [0.25, 0.3) is 0 Å². The number of rotatable bonds is 4. The Balaban J connectivity index is 2.03. The van der Waals surface area contributed by atoms with Gasteiger partial charge in [0.15, 0.2) is 5.65 Å². The molecule has 0 saturated heterocycles. The van der Waals surface area contributed by atoms with E-state index >= 15 is 0 Å². The lowest BCUT2D eigenvalue weighted by atomic mass is 10.2. The SMILES string of the molecule is CCOC(C)n1cc(-c2cccc3nc(N)nn23)cn1. The molecule has 3 heterocycles. The summed E-state index contributed by atoms with van der Waals surface area (Å²) in [4.78, 5) is 4.15. The fourth-order valence-corrected chi connectivity index (χ4v) is 2.13. The second-order valence-electron chi connectivity index (χ2n) is 4.41. The molecule has 0 aliphatic carbocycles. The first-order valence-corrected chi connectivity index (χ1v) is 6.46. The highest BCUT2D eigenvalue weighted by Gasteiger charge is 2.11. The van der Waals surface area contributed by atoms with Gasteiger partial charge in [-0.3, -0.25) is 0 Å². The molecular formula is C13H16N6O. The highest BCUT2D eigenvalue weighted by molar-refractivity contribution is 5.62. The van der Waals surface area contributed by atoms with Crippen molar-refractivity contribution < 1.29 is 4.74 Å². The fraction of sp³-hybridized carbons (Fsp3) is 0.308. The Labute approximate surface area is 116 Å². The number of aromatic nitrogens is 5. The Hall–Kier alpha value is -2.41. The van der Waals surface area contributed by atoms with Crippen LogP contribution in [-0.2, 0) is 4.74 Å². The third-order valence-corrected chi connectivity index (χ3v) is 3.05. The predicted octanol–water partition coefficient (Wildman–Crippen LogP) is 1.73. The van der Waals surface area contributed by atoms with E-state index in [9.17, 15) is 0 Å².